The van der Waals surface area contributed by atoms with Gasteiger partial charge in [0.25, 0.3) is 0 Å². The Kier molecular flexibility index (Phi) is 4.36. The standard InChI is InChI=1S/C15H16N2OS/c1-11-10-13(18-2)8-9-14(11)17-15(19)16-12-6-4-3-5-7-12/h3-10H,1-2H3,(H2,16,17,19). The van der Waals surface area contributed by atoms with Crippen molar-refractivity contribution in [1.82, 2.24) is 0 Å². The first-order chi connectivity index (χ1) is 9.19. The van der Waals surface area contributed by atoms with E-state index in [1.807, 2.05) is 55.5 Å². The largest absolute Gasteiger partial charge is 0.497 e. The van der Waals surface area contributed by atoms with Gasteiger partial charge in [0.2, 0.25) is 0 Å². The first-order valence-electron chi connectivity index (χ1n) is 5.97. The zero-order valence-electron chi connectivity index (χ0n) is 10.9. The van der Waals surface area contributed by atoms with Gasteiger partial charge >= 0.3 is 0 Å². The SMILES string of the molecule is COc1ccc(NC(=S)Nc2ccccc2)c(C)c1. The molecule has 0 saturated carbocycles. The maximum absolute atomic E-state index is 5.29. The van der Waals surface area contributed by atoms with Crippen LogP contribution in [-0.4, -0.2) is 12.2 Å². The Morgan fingerprint density at radius 2 is 1.79 bits per heavy atom. The van der Waals surface area contributed by atoms with E-state index >= 15 is 0 Å². The fraction of sp³-hybridized carbons (Fsp3) is 0.133. The molecule has 0 spiro atoms. The topological polar surface area (TPSA) is 33.3 Å². The highest BCUT2D eigenvalue weighted by Gasteiger charge is 2.03. The van der Waals surface area contributed by atoms with Crippen molar-refractivity contribution in [3.05, 3.63) is 54.1 Å². The van der Waals surface area contributed by atoms with Crippen LogP contribution in [0.2, 0.25) is 0 Å². The Hall–Kier alpha value is -2.07. The van der Waals surface area contributed by atoms with E-state index in [2.05, 4.69) is 10.6 Å². The van der Waals surface area contributed by atoms with Gasteiger partial charge in [0.05, 0.1) is 7.11 Å². The highest BCUT2D eigenvalue weighted by molar-refractivity contribution is 7.80. The molecule has 0 aromatic heterocycles. The molecule has 0 aliphatic carbocycles. The van der Waals surface area contributed by atoms with Gasteiger partial charge in [-0.05, 0) is 55.0 Å². The first kappa shape index (κ1) is 13.4. The number of aryl methyl sites for hydroxylation is 1. The number of hydrogen-bond acceptors (Lipinski definition) is 2. The van der Waals surface area contributed by atoms with Crippen LogP contribution >= 0.6 is 12.2 Å². The summed E-state index contributed by atoms with van der Waals surface area (Å²) in [5.41, 5.74) is 3.01. The van der Waals surface area contributed by atoms with Crippen LogP contribution < -0.4 is 15.4 Å². The highest BCUT2D eigenvalue weighted by Crippen LogP contribution is 2.21. The van der Waals surface area contributed by atoms with E-state index in [9.17, 15) is 0 Å². The molecule has 2 aromatic rings. The molecule has 4 heteroatoms. The van der Waals surface area contributed by atoms with Crippen LogP contribution in [-0.2, 0) is 0 Å². The number of methoxy groups -OCH3 is 1. The van der Waals surface area contributed by atoms with E-state index in [4.69, 9.17) is 17.0 Å². The van der Waals surface area contributed by atoms with Crippen LogP contribution in [0.4, 0.5) is 11.4 Å². The molecule has 98 valence electrons. The van der Waals surface area contributed by atoms with E-state index in [1.54, 1.807) is 7.11 Å². The zero-order valence-corrected chi connectivity index (χ0v) is 11.8. The second-order valence-electron chi connectivity index (χ2n) is 4.13. The number of para-hydroxylation sites is 1. The van der Waals surface area contributed by atoms with Crippen molar-refractivity contribution in [2.75, 3.05) is 17.7 Å². The molecule has 2 aromatic carbocycles. The molecule has 0 saturated heterocycles. The lowest BCUT2D eigenvalue weighted by Gasteiger charge is -2.13. The minimum atomic E-state index is 0.569. The molecule has 0 bridgehead atoms. The molecule has 0 radical (unpaired) electrons. The monoisotopic (exact) mass is 272 g/mol. The van der Waals surface area contributed by atoms with Crippen LogP contribution in [0.3, 0.4) is 0 Å². The lowest BCUT2D eigenvalue weighted by Crippen LogP contribution is -2.19. The summed E-state index contributed by atoms with van der Waals surface area (Å²) < 4.78 is 5.17. The summed E-state index contributed by atoms with van der Waals surface area (Å²) in [5, 5.41) is 6.88. The van der Waals surface area contributed by atoms with Gasteiger partial charge in [-0.25, -0.2) is 0 Å². The molecular formula is C15H16N2OS. The molecule has 0 aliphatic rings. The lowest BCUT2D eigenvalue weighted by molar-refractivity contribution is 0.414. The quantitative estimate of drug-likeness (QED) is 0.832. The molecule has 0 fully saturated rings. The number of nitrogens with one attached hydrogen (secondary N) is 2. The third-order valence-electron chi connectivity index (χ3n) is 2.71. The summed E-state index contributed by atoms with van der Waals surface area (Å²) in [6.45, 7) is 2.01. The van der Waals surface area contributed by atoms with Crippen LogP contribution in [0, 0.1) is 6.92 Å². The Balaban J connectivity index is 2.03. The van der Waals surface area contributed by atoms with Gasteiger partial charge in [0.1, 0.15) is 5.75 Å². The summed E-state index contributed by atoms with van der Waals surface area (Å²) in [6, 6.07) is 15.6. The van der Waals surface area contributed by atoms with E-state index in [0.29, 0.717) is 5.11 Å². The summed E-state index contributed by atoms with van der Waals surface area (Å²) in [5.74, 6) is 0.838. The van der Waals surface area contributed by atoms with Crippen molar-refractivity contribution >= 4 is 28.7 Å². The van der Waals surface area contributed by atoms with Gasteiger partial charge < -0.3 is 15.4 Å². The van der Waals surface area contributed by atoms with Crippen molar-refractivity contribution in [2.24, 2.45) is 0 Å². The van der Waals surface area contributed by atoms with Crippen molar-refractivity contribution in [3.63, 3.8) is 0 Å². The molecule has 2 N–H and O–H groups in total. The minimum absolute atomic E-state index is 0.569. The molecule has 0 heterocycles. The maximum Gasteiger partial charge on any atom is 0.175 e. The molecule has 2 rings (SSSR count). The second-order valence-corrected chi connectivity index (χ2v) is 4.53. The average Bonchev–Trinajstić information content (AvgIpc) is 2.42. The predicted molar refractivity (Wildman–Crippen MR) is 84.0 cm³/mol. The van der Waals surface area contributed by atoms with Gasteiger partial charge in [-0.3, -0.25) is 0 Å². The van der Waals surface area contributed by atoms with E-state index < -0.39 is 0 Å². The number of thiocarbonyl (C=S) groups is 1. The highest BCUT2D eigenvalue weighted by atomic mass is 32.1. The second kappa shape index (κ2) is 6.20. The Morgan fingerprint density at radius 1 is 1.05 bits per heavy atom. The fourth-order valence-corrected chi connectivity index (χ4v) is 1.94. The predicted octanol–water partition coefficient (Wildman–Crippen LogP) is 3.81. The van der Waals surface area contributed by atoms with Crippen molar-refractivity contribution in [2.45, 2.75) is 6.92 Å². The summed E-state index contributed by atoms with van der Waals surface area (Å²) in [6.07, 6.45) is 0. The summed E-state index contributed by atoms with van der Waals surface area (Å²) >= 11 is 5.29. The summed E-state index contributed by atoms with van der Waals surface area (Å²) in [7, 11) is 1.66. The van der Waals surface area contributed by atoms with Crippen molar-refractivity contribution in [3.8, 4) is 5.75 Å². The van der Waals surface area contributed by atoms with Gasteiger partial charge in [0.15, 0.2) is 5.11 Å². The Labute approximate surface area is 118 Å². The molecule has 0 aliphatic heterocycles. The van der Waals surface area contributed by atoms with Crippen molar-refractivity contribution < 1.29 is 4.74 Å². The van der Waals surface area contributed by atoms with Gasteiger partial charge in [-0.2, -0.15) is 0 Å². The first-order valence-corrected chi connectivity index (χ1v) is 6.37. The minimum Gasteiger partial charge on any atom is -0.497 e. The van der Waals surface area contributed by atoms with Crippen LogP contribution in [0.25, 0.3) is 0 Å². The average molecular weight is 272 g/mol. The van der Waals surface area contributed by atoms with Crippen molar-refractivity contribution in [1.29, 1.82) is 0 Å². The Bertz CT molecular complexity index is 570. The molecule has 3 nitrogen and oxygen atoms in total. The van der Waals surface area contributed by atoms with Gasteiger partial charge in [0, 0.05) is 11.4 Å². The third kappa shape index (κ3) is 3.69. The lowest BCUT2D eigenvalue weighted by atomic mass is 10.2. The summed E-state index contributed by atoms with van der Waals surface area (Å²) in [4.78, 5) is 0. The van der Waals surface area contributed by atoms with Crippen LogP contribution in [0.1, 0.15) is 5.56 Å². The molecule has 0 amide bonds. The number of rotatable bonds is 3. The fourth-order valence-electron chi connectivity index (χ4n) is 1.71. The molecule has 0 atom stereocenters. The number of anilines is 2. The molecular weight excluding hydrogens is 256 g/mol. The zero-order chi connectivity index (χ0) is 13.7. The van der Waals surface area contributed by atoms with E-state index in [-0.39, 0.29) is 0 Å². The third-order valence-corrected chi connectivity index (χ3v) is 2.92. The molecule has 0 unspecified atom stereocenters. The number of hydrogen-bond donors (Lipinski definition) is 2. The van der Waals surface area contributed by atoms with Crippen LogP contribution in [0.15, 0.2) is 48.5 Å². The smallest absolute Gasteiger partial charge is 0.175 e. The van der Waals surface area contributed by atoms with Crippen LogP contribution in [0.5, 0.6) is 5.75 Å². The maximum atomic E-state index is 5.29. The van der Waals surface area contributed by atoms with E-state index in [1.165, 1.54) is 0 Å². The van der Waals surface area contributed by atoms with E-state index in [0.717, 1.165) is 22.7 Å². The number of ether oxygens (including phenoxy) is 1. The normalized spacial score (nSPS) is 9.79. The molecule has 19 heavy (non-hydrogen) atoms. The van der Waals surface area contributed by atoms with Gasteiger partial charge in [-0.15, -0.1) is 0 Å². The van der Waals surface area contributed by atoms with Gasteiger partial charge in [-0.1, -0.05) is 18.2 Å². The Morgan fingerprint density at radius 3 is 2.42 bits per heavy atom. The number of benzene rings is 2.